The van der Waals surface area contributed by atoms with Gasteiger partial charge in [-0.25, -0.2) is 14.8 Å². The normalized spacial score (nSPS) is 22.7. The number of fused-ring (bicyclic) bond motifs is 1. The van der Waals surface area contributed by atoms with Crippen LogP contribution in [0, 0.1) is 0 Å². The van der Waals surface area contributed by atoms with Crippen molar-refractivity contribution in [3.8, 4) is 0 Å². The van der Waals surface area contributed by atoms with Crippen LogP contribution in [0.25, 0.3) is 0 Å². The molecule has 0 bridgehead atoms. The highest BCUT2D eigenvalue weighted by molar-refractivity contribution is 8.01. The second kappa shape index (κ2) is 15.3. The van der Waals surface area contributed by atoms with E-state index < -0.39 is 69.9 Å². The number of carboxylic acid groups (broad SMARTS) is 1. The van der Waals surface area contributed by atoms with E-state index in [2.05, 4.69) is 16.0 Å². The molecule has 14 nitrogen and oxygen atoms in total. The average Bonchev–Trinajstić information content (AvgIpc) is 3.22. The van der Waals surface area contributed by atoms with E-state index in [-0.39, 0.29) is 19.4 Å². The molecule has 2 aliphatic heterocycles. The lowest BCUT2D eigenvalue weighted by Crippen LogP contribution is -2.73. The Morgan fingerprint density at radius 2 is 1.73 bits per heavy atom. The number of unbranched alkanes of at least 4 members (excludes halogenated alkanes) is 2. The summed E-state index contributed by atoms with van der Waals surface area (Å²) in [6, 6.07) is 5.66. The van der Waals surface area contributed by atoms with Gasteiger partial charge in [0, 0.05) is 30.7 Å². The number of rotatable bonds is 14. The molecule has 0 spiro atoms. The van der Waals surface area contributed by atoms with Gasteiger partial charge in [0.15, 0.2) is 0 Å². The highest BCUT2D eigenvalue weighted by Gasteiger charge is 2.64. The van der Waals surface area contributed by atoms with Crippen LogP contribution in [0.2, 0.25) is 0 Å². The molecule has 4 amide bonds. The van der Waals surface area contributed by atoms with E-state index in [9.17, 15) is 39.4 Å². The molecule has 1 aromatic carbocycles. The van der Waals surface area contributed by atoms with Gasteiger partial charge in [-0.15, -0.1) is 11.8 Å². The summed E-state index contributed by atoms with van der Waals surface area (Å²) < 4.78 is 4.46. The van der Waals surface area contributed by atoms with Crippen LogP contribution in [0.3, 0.4) is 0 Å². The summed E-state index contributed by atoms with van der Waals surface area (Å²) in [6.07, 6.45) is -0.545. The van der Waals surface area contributed by atoms with E-state index in [0.717, 1.165) is 0 Å². The van der Waals surface area contributed by atoms with Gasteiger partial charge in [-0.1, -0.05) is 30.3 Å². The minimum Gasteiger partial charge on any atom is -0.480 e. The Balaban J connectivity index is 1.46. The lowest BCUT2D eigenvalue weighted by Gasteiger charge is -2.49. The first-order chi connectivity index (χ1) is 21.0. The Morgan fingerprint density at radius 1 is 1.07 bits per heavy atom. The van der Waals surface area contributed by atoms with Gasteiger partial charge in [-0.3, -0.25) is 24.4 Å². The number of nitrogens with zero attached hydrogens (tertiary/aromatic N) is 2. The molecule has 2 saturated heterocycles. The zero-order valence-corrected chi connectivity index (χ0v) is 27.1. The number of amides is 4. The molecule has 250 valence electrons. The van der Waals surface area contributed by atoms with Crippen LogP contribution in [-0.4, -0.2) is 102 Å². The molecule has 45 heavy (non-hydrogen) atoms. The Hall–Kier alpha value is -3.40. The molecule has 1 aromatic rings. The molecule has 3 rings (SSSR count). The first-order valence-electron chi connectivity index (χ1n) is 15.0. The summed E-state index contributed by atoms with van der Waals surface area (Å²) in [5.74, 6) is -2.89. The molecule has 6 N–H and O–H groups in total. The summed E-state index contributed by atoms with van der Waals surface area (Å²) in [4.78, 5) is 63.6. The molecule has 4 unspecified atom stereocenters. The van der Waals surface area contributed by atoms with Gasteiger partial charge < -0.3 is 30.9 Å². The van der Waals surface area contributed by atoms with Gasteiger partial charge in [0.25, 0.3) is 0 Å². The Kier molecular flexibility index (Phi) is 12.2. The van der Waals surface area contributed by atoms with Crippen molar-refractivity contribution in [3.63, 3.8) is 0 Å². The second-order valence-corrected chi connectivity index (χ2v) is 14.4. The van der Waals surface area contributed by atoms with Crippen LogP contribution in [0.1, 0.15) is 78.3 Å². The topological polar surface area (TPSA) is 198 Å². The summed E-state index contributed by atoms with van der Waals surface area (Å²) in [7, 11) is 0. The number of aliphatic carboxylic acids is 1. The molecule has 0 saturated carbocycles. The van der Waals surface area contributed by atoms with Crippen molar-refractivity contribution in [1.29, 1.82) is 0 Å². The standard InChI is InChI=1S/C30H45N5O9S/c1-29(2,3)44-28(42)31-16-10-7-11-17-34(43)20(37)15-14-19(36)32-21(18-12-8-6-9-13-18)24(38)33-22-25(39)35-23(27(40)41)30(4,5)45-26(22)35/h6,8-9,12-13,21-23,25-26,39,43H,7,10-11,14-17H2,1-5H3,(H,31,42)(H,32,36)(H,33,38)(H,40,41)/t21?,22?,23-,25?,26?/m0/s1. The van der Waals surface area contributed by atoms with Crippen LogP contribution in [0.5, 0.6) is 0 Å². The minimum atomic E-state index is -1.21. The van der Waals surface area contributed by atoms with Crippen LogP contribution in [0.4, 0.5) is 4.79 Å². The van der Waals surface area contributed by atoms with Gasteiger partial charge in [-0.05, 0) is 59.4 Å². The molecule has 0 radical (unpaired) electrons. The molecular formula is C30H45N5O9S. The molecule has 2 aliphatic rings. The Morgan fingerprint density at radius 3 is 2.36 bits per heavy atom. The number of carboxylic acids is 1. The number of aliphatic hydroxyl groups excluding tert-OH is 1. The maximum atomic E-state index is 13.4. The van der Waals surface area contributed by atoms with Crippen LogP contribution >= 0.6 is 11.8 Å². The number of carbonyl (C=O) groups is 5. The number of carbonyl (C=O) groups excluding carboxylic acids is 4. The summed E-state index contributed by atoms with van der Waals surface area (Å²) in [6.45, 7) is 9.30. The van der Waals surface area contributed by atoms with Gasteiger partial charge in [0.2, 0.25) is 17.7 Å². The van der Waals surface area contributed by atoms with E-state index in [1.54, 1.807) is 65.0 Å². The number of alkyl carbamates (subject to hydrolysis) is 1. The van der Waals surface area contributed by atoms with Crippen molar-refractivity contribution in [2.24, 2.45) is 0 Å². The van der Waals surface area contributed by atoms with Crippen molar-refractivity contribution in [3.05, 3.63) is 35.9 Å². The molecule has 2 heterocycles. The highest BCUT2D eigenvalue weighted by atomic mass is 32.2. The van der Waals surface area contributed by atoms with E-state index in [0.29, 0.717) is 36.4 Å². The third-order valence-electron chi connectivity index (χ3n) is 7.42. The van der Waals surface area contributed by atoms with Crippen molar-refractivity contribution in [2.75, 3.05) is 13.1 Å². The average molecular weight is 652 g/mol. The predicted octanol–water partition coefficient (Wildman–Crippen LogP) is 1.96. The first kappa shape index (κ1) is 36.1. The molecule has 2 fully saturated rings. The fourth-order valence-corrected chi connectivity index (χ4v) is 6.97. The lowest BCUT2D eigenvalue weighted by molar-refractivity contribution is -0.170. The number of hydrogen-bond acceptors (Lipinski definition) is 10. The Labute approximate surface area is 267 Å². The van der Waals surface area contributed by atoms with E-state index in [4.69, 9.17) is 4.74 Å². The minimum absolute atomic E-state index is 0.0569. The van der Waals surface area contributed by atoms with Gasteiger partial charge >= 0.3 is 12.1 Å². The molecule has 0 aliphatic carbocycles. The van der Waals surface area contributed by atoms with E-state index >= 15 is 0 Å². The van der Waals surface area contributed by atoms with Crippen molar-refractivity contribution >= 4 is 41.5 Å². The third kappa shape index (κ3) is 9.79. The highest BCUT2D eigenvalue weighted by Crippen LogP contribution is 2.52. The summed E-state index contributed by atoms with van der Waals surface area (Å²) >= 11 is 1.35. The van der Waals surface area contributed by atoms with E-state index in [1.807, 2.05) is 0 Å². The van der Waals surface area contributed by atoms with Crippen molar-refractivity contribution < 1.29 is 44.1 Å². The molecule has 5 atom stereocenters. The maximum Gasteiger partial charge on any atom is 0.407 e. The van der Waals surface area contributed by atoms with Crippen LogP contribution in [0.15, 0.2) is 30.3 Å². The lowest BCUT2D eigenvalue weighted by atomic mass is 9.94. The number of ether oxygens (including phenoxy) is 1. The smallest absolute Gasteiger partial charge is 0.407 e. The van der Waals surface area contributed by atoms with Gasteiger partial charge in [0.05, 0.1) is 11.4 Å². The number of benzene rings is 1. The van der Waals surface area contributed by atoms with Crippen molar-refractivity contribution in [2.45, 2.75) is 107 Å². The van der Waals surface area contributed by atoms with Crippen molar-refractivity contribution in [1.82, 2.24) is 25.9 Å². The number of hydrogen-bond donors (Lipinski definition) is 6. The zero-order valence-electron chi connectivity index (χ0n) is 26.3. The maximum absolute atomic E-state index is 13.4. The number of thioether (sulfide) groups is 1. The van der Waals surface area contributed by atoms with Gasteiger partial charge in [-0.2, -0.15) is 0 Å². The number of hydroxylamine groups is 2. The zero-order chi connectivity index (χ0) is 33.5. The third-order valence-corrected chi connectivity index (χ3v) is 9.03. The van der Waals surface area contributed by atoms with E-state index in [1.165, 1.54) is 16.7 Å². The first-order valence-corrected chi connectivity index (χ1v) is 15.9. The van der Waals surface area contributed by atoms with Crippen LogP contribution < -0.4 is 16.0 Å². The molecule has 0 aromatic heterocycles. The Bertz CT molecular complexity index is 1230. The quantitative estimate of drug-likeness (QED) is 0.0977. The molecular weight excluding hydrogens is 606 g/mol. The molecule has 15 heteroatoms. The largest absolute Gasteiger partial charge is 0.480 e. The monoisotopic (exact) mass is 651 g/mol. The second-order valence-electron chi connectivity index (χ2n) is 12.7. The predicted molar refractivity (Wildman–Crippen MR) is 165 cm³/mol. The fraction of sp³-hybridized carbons (Fsp3) is 0.633. The fourth-order valence-electron chi connectivity index (χ4n) is 5.28. The number of aliphatic hydroxyl groups is 1. The number of nitrogens with one attached hydrogen (secondary N) is 3. The SMILES string of the molecule is CC(C)(C)OC(=O)NCCCCCN(O)C(=O)CCC(=O)NC(C(=O)NC1C(O)N2C1SC(C)(C)[C@@H]2C(=O)O)c1ccccc1. The van der Waals surface area contributed by atoms with Gasteiger partial charge in [0.1, 0.15) is 23.9 Å². The summed E-state index contributed by atoms with van der Waals surface area (Å²) in [5, 5.41) is 38.7. The summed E-state index contributed by atoms with van der Waals surface area (Å²) in [5.41, 5.74) is -0.107. The van der Waals surface area contributed by atoms with Crippen LogP contribution in [-0.2, 0) is 23.9 Å².